The Kier molecular flexibility index (Phi) is 6.84. The van der Waals surface area contributed by atoms with E-state index in [1.807, 2.05) is 6.07 Å². The van der Waals surface area contributed by atoms with Crippen LogP contribution in [-0.4, -0.2) is 16.0 Å². The van der Waals surface area contributed by atoms with Crippen LogP contribution in [0.15, 0.2) is 58.0 Å². The van der Waals surface area contributed by atoms with Crippen molar-refractivity contribution < 1.29 is 4.52 Å². The number of aromatic nitrogens is 2. The Bertz CT molecular complexity index is 1090. The summed E-state index contributed by atoms with van der Waals surface area (Å²) in [5, 5.41) is 4.10. The molecule has 172 valence electrons. The van der Waals surface area contributed by atoms with Crippen molar-refractivity contribution in [2.24, 2.45) is 22.6 Å². The average molecular weight is 443 g/mol. The number of hydrogen-bond donors (Lipinski definition) is 1. The number of hydrogen-bond acceptors (Lipinski definition) is 4. The summed E-state index contributed by atoms with van der Waals surface area (Å²) in [7, 11) is 0. The first-order valence-corrected chi connectivity index (χ1v) is 12.6. The lowest BCUT2D eigenvalue weighted by molar-refractivity contribution is 0.339. The van der Waals surface area contributed by atoms with E-state index >= 15 is 0 Å². The molecule has 0 radical (unpaired) electrons. The van der Waals surface area contributed by atoms with Gasteiger partial charge in [0.2, 0.25) is 5.82 Å². The Labute approximate surface area is 196 Å². The molecule has 1 heterocycles. The van der Waals surface area contributed by atoms with Crippen LogP contribution in [0.25, 0.3) is 11.4 Å². The smallest absolute Gasteiger partial charge is 0.349 e. The first-order valence-electron chi connectivity index (χ1n) is 12.6. The summed E-state index contributed by atoms with van der Waals surface area (Å²) in [4.78, 5) is 8.69. The van der Waals surface area contributed by atoms with Crippen molar-refractivity contribution in [2.75, 3.05) is 0 Å². The number of rotatable bonds is 9. The van der Waals surface area contributed by atoms with Crippen LogP contribution in [0.1, 0.15) is 68.1 Å². The normalized spacial score (nSPS) is 17.4. The number of amidine groups is 1. The number of benzene rings is 2. The Balaban J connectivity index is 1.18. The van der Waals surface area contributed by atoms with Gasteiger partial charge in [-0.15, -0.1) is 0 Å². The van der Waals surface area contributed by atoms with Gasteiger partial charge in [0, 0.05) is 11.5 Å². The summed E-state index contributed by atoms with van der Waals surface area (Å²) in [6, 6.07) is 17.8. The number of aliphatic imine (C=N–C) groups is 1. The summed E-state index contributed by atoms with van der Waals surface area (Å²) < 4.78 is 5.29. The summed E-state index contributed by atoms with van der Waals surface area (Å²) in [5.74, 6) is 2.48. The molecule has 2 saturated carbocycles. The molecule has 3 aromatic rings. The van der Waals surface area contributed by atoms with Crippen molar-refractivity contribution >= 4 is 11.9 Å². The van der Waals surface area contributed by atoms with Crippen molar-refractivity contribution in [3.63, 3.8) is 0 Å². The standard InChI is InChI=1S/C28H34N4O/c29-26(24-16-17-24)30-28-31-27(32-33-28)25-11-5-10-23(19-25)15-14-22-9-4-8-21(18-22)13-12-20-6-2-1-3-7-20/h4-5,8-11,18-20,24H,1-3,6-7,12-17H2,(H2,29,30,31,32). The molecule has 0 aliphatic heterocycles. The van der Waals surface area contributed by atoms with E-state index in [0.29, 0.717) is 17.6 Å². The van der Waals surface area contributed by atoms with E-state index in [9.17, 15) is 0 Å². The minimum absolute atomic E-state index is 0.241. The molecule has 0 amide bonds. The molecule has 2 aliphatic carbocycles. The Hall–Kier alpha value is -2.95. The molecule has 5 rings (SSSR count). The Morgan fingerprint density at radius 1 is 0.879 bits per heavy atom. The van der Waals surface area contributed by atoms with Gasteiger partial charge < -0.3 is 10.3 Å². The molecule has 0 unspecified atom stereocenters. The maximum Gasteiger partial charge on any atom is 0.349 e. The lowest BCUT2D eigenvalue weighted by atomic mass is 9.85. The first kappa shape index (κ1) is 21.9. The van der Waals surface area contributed by atoms with Gasteiger partial charge in [-0.25, -0.2) is 0 Å². The largest absolute Gasteiger partial charge is 0.387 e. The third-order valence-corrected chi connectivity index (χ3v) is 7.08. The summed E-state index contributed by atoms with van der Waals surface area (Å²) in [6.07, 6.45) is 13.9. The molecule has 0 saturated heterocycles. The van der Waals surface area contributed by atoms with E-state index in [1.54, 1.807) is 0 Å². The van der Waals surface area contributed by atoms with Crippen LogP contribution in [0.3, 0.4) is 0 Å². The molecule has 0 bridgehead atoms. The fourth-order valence-electron chi connectivity index (χ4n) is 4.90. The predicted octanol–water partition coefficient (Wildman–Crippen LogP) is 6.43. The van der Waals surface area contributed by atoms with Gasteiger partial charge in [-0.2, -0.15) is 9.98 Å². The monoisotopic (exact) mass is 442 g/mol. The maximum absolute atomic E-state index is 5.97. The third kappa shape index (κ3) is 6.10. The van der Waals surface area contributed by atoms with E-state index in [2.05, 4.69) is 57.6 Å². The van der Waals surface area contributed by atoms with Crippen LogP contribution in [0, 0.1) is 11.8 Å². The van der Waals surface area contributed by atoms with Crippen LogP contribution >= 0.6 is 0 Å². The summed E-state index contributed by atoms with van der Waals surface area (Å²) >= 11 is 0. The fraction of sp³-hybridized carbons (Fsp3) is 0.464. The van der Waals surface area contributed by atoms with Gasteiger partial charge >= 0.3 is 6.01 Å². The Morgan fingerprint density at radius 3 is 2.33 bits per heavy atom. The lowest BCUT2D eigenvalue weighted by Crippen LogP contribution is -2.13. The fourth-order valence-corrected chi connectivity index (χ4v) is 4.90. The minimum Gasteiger partial charge on any atom is -0.387 e. The zero-order valence-electron chi connectivity index (χ0n) is 19.4. The van der Waals surface area contributed by atoms with E-state index in [-0.39, 0.29) is 6.01 Å². The van der Waals surface area contributed by atoms with Crippen molar-refractivity contribution in [3.8, 4) is 11.4 Å². The highest BCUT2D eigenvalue weighted by Crippen LogP contribution is 2.30. The lowest BCUT2D eigenvalue weighted by Gasteiger charge is -2.21. The van der Waals surface area contributed by atoms with E-state index < -0.39 is 0 Å². The highest BCUT2D eigenvalue weighted by Gasteiger charge is 2.26. The van der Waals surface area contributed by atoms with Crippen LogP contribution in [0.4, 0.5) is 6.01 Å². The van der Waals surface area contributed by atoms with Crippen LogP contribution < -0.4 is 5.73 Å². The molecule has 2 fully saturated rings. The first-order chi connectivity index (χ1) is 16.2. The topological polar surface area (TPSA) is 77.3 Å². The van der Waals surface area contributed by atoms with Gasteiger partial charge in [0.1, 0.15) is 5.84 Å². The van der Waals surface area contributed by atoms with Gasteiger partial charge in [0.15, 0.2) is 0 Å². The molecule has 2 aliphatic rings. The van der Waals surface area contributed by atoms with E-state index in [0.717, 1.165) is 37.2 Å². The molecule has 1 aromatic heterocycles. The minimum atomic E-state index is 0.241. The maximum atomic E-state index is 5.97. The summed E-state index contributed by atoms with van der Waals surface area (Å²) in [5.41, 5.74) is 11.1. The second kappa shape index (κ2) is 10.3. The van der Waals surface area contributed by atoms with Gasteiger partial charge in [-0.05, 0) is 67.2 Å². The molecule has 5 heteroatoms. The molecule has 0 atom stereocenters. The molecule has 33 heavy (non-hydrogen) atoms. The van der Waals surface area contributed by atoms with Gasteiger partial charge in [-0.3, -0.25) is 0 Å². The summed E-state index contributed by atoms with van der Waals surface area (Å²) in [6.45, 7) is 0. The van der Waals surface area contributed by atoms with Gasteiger partial charge in [0.25, 0.3) is 0 Å². The van der Waals surface area contributed by atoms with Crippen LogP contribution in [0.5, 0.6) is 0 Å². The van der Waals surface area contributed by atoms with E-state index in [4.69, 9.17) is 10.3 Å². The molecular formula is C28H34N4O. The van der Waals surface area contributed by atoms with Crippen molar-refractivity contribution in [1.82, 2.24) is 10.1 Å². The Morgan fingerprint density at radius 2 is 1.58 bits per heavy atom. The van der Waals surface area contributed by atoms with Crippen molar-refractivity contribution in [2.45, 2.75) is 70.6 Å². The second-order valence-electron chi connectivity index (χ2n) is 9.77. The zero-order chi connectivity index (χ0) is 22.5. The zero-order valence-corrected chi connectivity index (χ0v) is 19.4. The van der Waals surface area contributed by atoms with Gasteiger partial charge in [0.05, 0.1) is 0 Å². The molecular weight excluding hydrogens is 408 g/mol. The van der Waals surface area contributed by atoms with Crippen molar-refractivity contribution in [3.05, 3.63) is 65.2 Å². The SMILES string of the molecule is NC(=Nc1nc(-c2cccc(CCc3cccc(CCC4CCCCC4)c3)c2)no1)C1CC1. The van der Waals surface area contributed by atoms with Gasteiger partial charge in [-0.1, -0.05) is 79.7 Å². The predicted molar refractivity (Wildman–Crippen MR) is 132 cm³/mol. The second-order valence-corrected chi connectivity index (χ2v) is 9.77. The third-order valence-electron chi connectivity index (χ3n) is 7.08. The van der Waals surface area contributed by atoms with E-state index in [1.165, 1.54) is 61.6 Å². The van der Waals surface area contributed by atoms with Crippen LogP contribution in [0.2, 0.25) is 0 Å². The van der Waals surface area contributed by atoms with Crippen molar-refractivity contribution in [1.29, 1.82) is 0 Å². The number of nitrogens with zero attached hydrogens (tertiary/aromatic N) is 3. The number of aryl methyl sites for hydroxylation is 3. The molecule has 2 N–H and O–H groups in total. The molecule has 2 aromatic carbocycles. The van der Waals surface area contributed by atoms with Crippen LogP contribution in [-0.2, 0) is 19.3 Å². The highest BCUT2D eigenvalue weighted by molar-refractivity contribution is 5.86. The molecule has 5 nitrogen and oxygen atoms in total. The molecule has 0 spiro atoms. The highest BCUT2D eigenvalue weighted by atomic mass is 16.5. The quantitative estimate of drug-likeness (QED) is 0.306. The average Bonchev–Trinajstić information content (AvgIpc) is 3.62. The number of nitrogens with two attached hydrogens (primary N) is 1.